The van der Waals surface area contributed by atoms with E-state index in [9.17, 15) is 9.59 Å². The van der Waals surface area contributed by atoms with Gasteiger partial charge in [-0.05, 0) is 24.0 Å². The fraction of sp³-hybridized carbons (Fsp3) is 0.400. The van der Waals surface area contributed by atoms with E-state index >= 15 is 0 Å². The minimum atomic E-state index is -0.934. The number of nitriles is 1. The Hall–Kier alpha value is -2.35. The summed E-state index contributed by atoms with van der Waals surface area (Å²) in [6.07, 6.45) is -0.00252. The van der Waals surface area contributed by atoms with Gasteiger partial charge in [-0.25, -0.2) is 0 Å². The second kappa shape index (κ2) is 6.20. The monoisotopic (exact) mass is 274 g/mol. The first-order valence-electron chi connectivity index (χ1n) is 6.26. The fourth-order valence-electron chi connectivity index (χ4n) is 2.02. The van der Waals surface area contributed by atoms with E-state index in [1.807, 2.05) is 0 Å². The van der Waals surface area contributed by atoms with E-state index in [0.29, 0.717) is 11.3 Å². The Bertz CT molecular complexity index is 571. The van der Waals surface area contributed by atoms with Crippen LogP contribution in [-0.4, -0.2) is 17.0 Å². The van der Waals surface area contributed by atoms with Crippen molar-refractivity contribution in [1.29, 1.82) is 5.26 Å². The molecule has 0 spiro atoms. The van der Waals surface area contributed by atoms with Crippen LogP contribution in [-0.2, 0) is 9.59 Å². The van der Waals surface area contributed by atoms with Gasteiger partial charge in [0.15, 0.2) is 0 Å². The summed E-state index contributed by atoms with van der Waals surface area (Å²) in [5, 5.41) is 20.6. The third-order valence-electron chi connectivity index (χ3n) is 2.93. The fourth-order valence-corrected chi connectivity index (χ4v) is 2.02. The number of carbonyl (C=O) groups excluding carboxylic acids is 1. The molecule has 0 aromatic heterocycles. The molecule has 0 saturated heterocycles. The lowest BCUT2D eigenvalue weighted by Crippen LogP contribution is -2.25. The Morgan fingerprint density at radius 2 is 2.00 bits per heavy atom. The molecule has 0 fully saturated rings. The highest BCUT2D eigenvalue weighted by Crippen LogP contribution is 2.26. The standard InChI is InChI=1S/C15H18N2O3/c1-10-5-4-6-12(11(10)9-16)17-13(18)7-15(2,3)8-14(19)20/h4-6H,7-8H2,1-3H3,(H,17,18)(H,19,20). The van der Waals surface area contributed by atoms with E-state index in [4.69, 9.17) is 10.4 Å². The number of aliphatic carboxylic acids is 1. The van der Waals surface area contributed by atoms with Crippen molar-refractivity contribution in [3.05, 3.63) is 29.3 Å². The topological polar surface area (TPSA) is 90.2 Å². The van der Waals surface area contributed by atoms with E-state index < -0.39 is 11.4 Å². The third-order valence-corrected chi connectivity index (χ3v) is 2.93. The first-order valence-corrected chi connectivity index (χ1v) is 6.26. The molecule has 0 bridgehead atoms. The van der Waals surface area contributed by atoms with Crippen molar-refractivity contribution in [3.8, 4) is 6.07 Å². The normalized spacial score (nSPS) is 10.7. The zero-order valence-corrected chi connectivity index (χ0v) is 11.9. The van der Waals surface area contributed by atoms with Crippen LogP contribution in [0.5, 0.6) is 0 Å². The molecule has 1 aromatic carbocycles. The smallest absolute Gasteiger partial charge is 0.303 e. The molecular weight excluding hydrogens is 256 g/mol. The van der Waals surface area contributed by atoms with Crippen LogP contribution in [0, 0.1) is 23.7 Å². The van der Waals surface area contributed by atoms with E-state index in [1.165, 1.54) is 0 Å². The largest absolute Gasteiger partial charge is 0.481 e. The lowest BCUT2D eigenvalue weighted by molar-refractivity contribution is -0.139. The highest BCUT2D eigenvalue weighted by atomic mass is 16.4. The van der Waals surface area contributed by atoms with Crippen molar-refractivity contribution in [1.82, 2.24) is 0 Å². The minimum absolute atomic E-state index is 0.0815. The molecule has 0 saturated carbocycles. The van der Waals surface area contributed by atoms with E-state index in [1.54, 1.807) is 39.0 Å². The molecule has 1 rings (SSSR count). The summed E-state index contributed by atoms with van der Waals surface area (Å²) in [5.74, 6) is -1.23. The van der Waals surface area contributed by atoms with Crippen LogP contribution in [0.2, 0.25) is 0 Å². The summed E-state index contributed by atoms with van der Waals surface area (Å²) in [7, 11) is 0. The second-order valence-electron chi connectivity index (χ2n) is 5.57. The number of nitrogens with zero attached hydrogens (tertiary/aromatic N) is 1. The van der Waals surface area contributed by atoms with E-state index in [-0.39, 0.29) is 18.7 Å². The molecule has 1 amide bonds. The van der Waals surface area contributed by atoms with Gasteiger partial charge in [0.25, 0.3) is 0 Å². The van der Waals surface area contributed by atoms with Crippen molar-refractivity contribution in [2.45, 2.75) is 33.6 Å². The molecule has 0 aliphatic heterocycles. The molecule has 5 heteroatoms. The van der Waals surface area contributed by atoms with Gasteiger partial charge in [-0.2, -0.15) is 5.26 Å². The molecule has 20 heavy (non-hydrogen) atoms. The quantitative estimate of drug-likeness (QED) is 0.863. The highest BCUT2D eigenvalue weighted by molar-refractivity contribution is 5.93. The van der Waals surface area contributed by atoms with Crippen LogP contribution < -0.4 is 5.32 Å². The number of amides is 1. The lowest BCUT2D eigenvalue weighted by Gasteiger charge is -2.21. The number of nitrogens with one attached hydrogen (secondary N) is 1. The van der Waals surface area contributed by atoms with Gasteiger partial charge in [0.2, 0.25) is 5.91 Å². The molecule has 106 valence electrons. The van der Waals surface area contributed by atoms with Gasteiger partial charge < -0.3 is 10.4 Å². The maximum atomic E-state index is 12.0. The van der Waals surface area contributed by atoms with Crippen molar-refractivity contribution < 1.29 is 14.7 Å². The van der Waals surface area contributed by atoms with Crippen LogP contribution >= 0.6 is 0 Å². The number of carboxylic acids is 1. The highest BCUT2D eigenvalue weighted by Gasteiger charge is 2.25. The minimum Gasteiger partial charge on any atom is -0.481 e. The van der Waals surface area contributed by atoms with Crippen molar-refractivity contribution in [3.63, 3.8) is 0 Å². The molecule has 0 aliphatic rings. The average molecular weight is 274 g/mol. The number of rotatable bonds is 5. The number of anilines is 1. The van der Waals surface area contributed by atoms with Gasteiger partial charge in [-0.15, -0.1) is 0 Å². The van der Waals surface area contributed by atoms with E-state index in [0.717, 1.165) is 5.56 Å². The summed E-state index contributed by atoms with van der Waals surface area (Å²) < 4.78 is 0. The van der Waals surface area contributed by atoms with Crippen LogP contribution in [0.25, 0.3) is 0 Å². The number of hydrogen-bond acceptors (Lipinski definition) is 3. The zero-order valence-electron chi connectivity index (χ0n) is 11.9. The van der Waals surface area contributed by atoms with E-state index in [2.05, 4.69) is 11.4 Å². The van der Waals surface area contributed by atoms with Gasteiger partial charge in [0, 0.05) is 6.42 Å². The lowest BCUT2D eigenvalue weighted by atomic mass is 9.85. The number of hydrogen-bond donors (Lipinski definition) is 2. The first kappa shape index (κ1) is 15.7. The van der Waals surface area contributed by atoms with Crippen LogP contribution in [0.4, 0.5) is 5.69 Å². The van der Waals surface area contributed by atoms with Gasteiger partial charge >= 0.3 is 5.97 Å². The summed E-state index contributed by atoms with van der Waals surface area (Å²) in [5.41, 5.74) is 1.04. The number of carbonyl (C=O) groups is 2. The Balaban J connectivity index is 2.80. The molecule has 1 aromatic rings. The van der Waals surface area contributed by atoms with Crippen molar-refractivity contribution in [2.24, 2.45) is 5.41 Å². The third kappa shape index (κ3) is 4.39. The van der Waals surface area contributed by atoms with Crippen molar-refractivity contribution in [2.75, 3.05) is 5.32 Å². The molecule has 2 N–H and O–H groups in total. The van der Waals surface area contributed by atoms with Gasteiger partial charge in [-0.1, -0.05) is 26.0 Å². The Labute approximate surface area is 118 Å². The SMILES string of the molecule is Cc1cccc(NC(=O)CC(C)(C)CC(=O)O)c1C#N. The summed E-state index contributed by atoms with van der Waals surface area (Å²) in [4.78, 5) is 22.7. The number of carboxylic acid groups (broad SMARTS) is 1. The zero-order chi connectivity index (χ0) is 15.3. The molecule has 0 radical (unpaired) electrons. The molecule has 5 nitrogen and oxygen atoms in total. The summed E-state index contributed by atoms with van der Waals surface area (Å²) >= 11 is 0. The van der Waals surface area contributed by atoms with Gasteiger partial charge in [0.05, 0.1) is 17.7 Å². The van der Waals surface area contributed by atoms with Crippen molar-refractivity contribution >= 4 is 17.6 Å². The molecule has 0 aliphatic carbocycles. The van der Waals surface area contributed by atoms with Gasteiger partial charge in [0.1, 0.15) is 6.07 Å². The predicted molar refractivity (Wildman–Crippen MR) is 75.2 cm³/mol. The van der Waals surface area contributed by atoms with Gasteiger partial charge in [-0.3, -0.25) is 9.59 Å². The Kier molecular flexibility index (Phi) is 4.87. The summed E-state index contributed by atoms with van der Waals surface area (Å²) in [6.45, 7) is 5.24. The number of benzene rings is 1. The number of aryl methyl sites for hydroxylation is 1. The Morgan fingerprint density at radius 3 is 2.55 bits per heavy atom. The van der Waals surface area contributed by atoms with Crippen LogP contribution in [0.1, 0.15) is 37.8 Å². The molecule has 0 unspecified atom stereocenters. The molecular formula is C15H18N2O3. The predicted octanol–water partition coefficient (Wildman–Crippen LogP) is 2.70. The first-order chi connectivity index (χ1) is 9.25. The van der Waals surface area contributed by atoms with Crippen LogP contribution in [0.3, 0.4) is 0 Å². The average Bonchev–Trinajstić information content (AvgIpc) is 2.26. The second-order valence-corrected chi connectivity index (χ2v) is 5.57. The Morgan fingerprint density at radius 1 is 1.35 bits per heavy atom. The van der Waals surface area contributed by atoms with Crippen LogP contribution in [0.15, 0.2) is 18.2 Å². The molecule has 0 atom stereocenters. The molecule has 0 heterocycles. The maximum absolute atomic E-state index is 12.0. The maximum Gasteiger partial charge on any atom is 0.303 e. The summed E-state index contributed by atoms with van der Waals surface area (Å²) in [6, 6.07) is 7.27.